The molecule has 2 atom stereocenters. The van der Waals surface area contributed by atoms with Crippen molar-refractivity contribution in [3.8, 4) is 0 Å². The van der Waals surface area contributed by atoms with E-state index in [9.17, 15) is 14.7 Å². The van der Waals surface area contributed by atoms with Crippen molar-refractivity contribution < 1.29 is 19.4 Å². The average Bonchev–Trinajstić information content (AvgIpc) is 2.84. The highest BCUT2D eigenvalue weighted by Crippen LogP contribution is 2.27. The number of likely N-dealkylation sites (tertiary alicyclic amines) is 1. The molecule has 0 radical (unpaired) electrons. The molecule has 0 amide bonds. The first kappa shape index (κ1) is 14.5. The number of aliphatic carboxylic acids is 1. The summed E-state index contributed by atoms with van der Waals surface area (Å²) in [5, 5.41) is 9.30. The number of hydrogen-bond donors (Lipinski definition) is 1. The number of nitrogens with zero attached hydrogens (tertiary/aromatic N) is 1. The number of benzene rings is 1. The maximum atomic E-state index is 12.0. The molecular weight excluding hydrogens is 258 g/mol. The van der Waals surface area contributed by atoms with Crippen molar-refractivity contribution in [3.05, 3.63) is 35.9 Å². The molecule has 20 heavy (non-hydrogen) atoms. The zero-order valence-electron chi connectivity index (χ0n) is 11.5. The second kappa shape index (κ2) is 6.52. The van der Waals surface area contributed by atoms with Gasteiger partial charge in [-0.1, -0.05) is 30.3 Å². The summed E-state index contributed by atoms with van der Waals surface area (Å²) in [6.45, 7) is 2.51. The number of ether oxygens (including phenoxy) is 1. The van der Waals surface area contributed by atoms with Crippen LogP contribution in [0.15, 0.2) is 30.3 Å². The van der Waals surface area contributed by atoms with Crippen LogP contribution in [0.5, 0.6) is 0 Å². The monoisotopic (exact) mass is 277 g/mol. The Bertz CT molecular complexity index is 474. The largest absolute Gasteiger partial charge is 0.480 e. The molecule has 1 fully saturated rings. The number of rotatable bonds is 5. The third-order valence-electron chi connectivity index (χ3n) is 3.57. The fourth-order valence-corrected chi connectivity index (χ4v) is 2.64. The van der Waals surface area contributed by atoms with Crippen LogP contribution in [0, 0.1) is 0 Å². The van der Waals surface area contributed by atoms with Crippen LogP contribution < -0.4 is 0 Å². The Labute approximate surface area is 118 Å². The van der Waals surface area contributed by atoms with E-state index in [4.69, 9.17) is 4.74 Å². The van der Waals surface area contributed by atoms with Crippen LogP contribution in [0.1, 0.15) is 25.3 Å². The van der Waals surface area contributed by atoms with Gasteiger partial charge in [-0.15, -0.1) is 0 Å². The second-order valence-corrected chi connectivity index (χ2v) is 4.86. The Morgan fingerprint density at radius 2 is 1.90 bits per heavy atom. The lowest BCUT2D eigenvalue weighted by molar-refractivity contribution is -0.151. The van der Waals surface area contributed by atoms with Crippen molar-refractivity contribution in [2.45, 2.75) is 38.4 Å². The van der Waals surface area contributed by atoms with E-state index in [-0.39, 0.29) is 5.97 Å². The van der Waals surface area contributed by atoms with Crippen molar-refractivity contribution in [3.63, 3.8) is 0 Å². The average molecular weight is 277 g/mol. The number of carbonyl (C=O) groups excluding carboxylic acids is 1. The first-order valence-corrected chi connectivity index (χ1v) is 6.82. The van der Waals surface area contributed by atoms with Crippen molar-refractivity contribution in [2.24, 2.45) is 0 Å². The quantitative estimate of drug-likeness (QED) is 0.829. The van der Waals surface area contributed by atoms with E-state index in [0.29, 0.717) is 26.0 Å². The summed E-state index contributed by atoms with van der Waals surface area (Å²) in [7, 11) is 0. The van der Waals surface area contributed by atoms with Crippen molar-refractivity contribution in [1.82, 2.24) is 4.90 Å². The molecule has 1 aliphatic rings. The number of carboxylic acids is 1. The highest BCUT2D eigenvalue weighted by Gasteiger charge is 2.42. The van der Waals surface area contributed by atoms with E-state index in [1.807, 2.05) is 30.3 Å². The van der Waals surface area contributed by atoms with Crippen LogP contribution in [0.25, 0.3) is 0 Å². The molecule has 5 nitrogen and oxygen atoms in total. The van der Waals surface area contributed by atoms with Gasteiger partial charge in [-0.25, -0.2) is 0 Å². The van der Waals surface area contributed by atoms with Crippen molar-refractivity contribution in [2.75, 3.05) is 6.61 Å². The minimum atomic E-state index is -0.882. The van der Waals surface area contributed by atoms with Crippen molar-refractivity contribution >= 4 is 11.9 Å². The molecule has 0 saturated carbocycles. The lowest BCUT2D eigenvalue weighted by Gasteiger charge is -2.26. The summed E-state index contributed by atoms with van der Waals surface area (Å²) in [6, 6.07) is 8.49. The predicted molar refractivity (Wildman–Crippen MR) is 73.1 cm³/mol. The van der Waals surface area contributed by atoms with Crippen LogP contribution in [0.2, 0.25) is 0 Å². The lowest BCUT2D eigenvalue weighted by Crippen LogP contribution is -2.44. The van der Waals surface area contributed by atoms with Gasteiger partial charge in [0, 0.05) is 6.54 Å². The molecule has 0 bridgehead atoms. The number of carboxylic acid groups (broad SMARTS) is 1. The maximum Gasteiger partial charge on any atom is 0.323 e. The van der Waals surface area contributed by atoms with E-state index in [2.05, 4.69) is 0 Å². The molecule has 108 valence electrons. The Morgan fingerprint density at radius 3 is 2.50 bits per heavy atom. The van der Waals surface area contributed by atoms with Gasteiger partial charge in [0.05, 0.1) is 6.61 Å². The first-order chi connectivity index (χ1) is 9.63. The van der Waals surface area contributed by atoms with Gasteiger partial charge in [-0.3, -0.25) is 14.5 Å². The maximum absolute atomic E-state index is 12.0. The van der Waals surface area contributed by atoms with Crippen molar-refractivity contribution in [1.29, 1.82) is 0 Å². The molecule has 0 unspecified atom stereocenters. The molecule has 5 heteroatoms. The minimum absolute atomic E-state index is 0.312. The van der Waals surface area contributed by atoms with Gasteiger partial charge < -0.3 is 9.84 Å². The summed E-state index contributed by atoms with van der Waals surface area (Å²) >= 11 is 0. The highest BCUT2D eigenvalue weighted by atomic mass is 16.5. The van der Waals surface area contributed by atoms with Gasteiger partial charge in [0.2, 0.25) is 0 Å². The standard InChI is InChI=1S/C15H19NO4/c1-2-20-15(19)13-9-8-12(14(17)18)16(13)10-11-6-4-3-5-7-11/h3-7,12-13H,2,8-10H2,1H3,(H,17,18)/t12-,13-/m1/s1. The van der Waals surface area contributed by atoms with E-state index < -0.39 is 18.1 Å². The Morgan fingerprint density at radius 1 is 1.25 bits per heavy atom. The summed E-state index contributed by atoms with van der Waals surface area (Å²) in [6.07, 6.45) is 1.01. The summed E-state index contributed by atoms with van der Waals surface area (Å²) in [5.74, 6) is -1.21. The molecule has 1 aromatic rings. The SMILES string of the molecule is CCOC(=O)[C@H]1CC[C@H](C(=O)O)N1Cc1ccccc1. The molecule has 0 aromatic heterocycles. The van der Waals surface area contributed by atoms with Crippen LogP contribution in [-0.4, -0.2) is 40.6 Å². The second-order valence-electron chi connectivity index (χ2n) is 4.86. The van der Waals surface area contributed by atoms with E-state index in [0.717, 1.165) is 5.56 Å². The number of esters is 1. The van der Waals surface area contributed by atoms with Gasteiger partial charge in [-0.05, 0) is 25.3 Å². The molecule has 0 spiro atoms. The zero-order chi connectivity index (χ0) is 14.5. The topological polar surface area (TPSA) is 66.8 Å². The smallest absolute Gasteiger partial charge is 0.323 e. The molecule has 2 rings (SSSR count). The Kier molecular flexibility index (Phi) is 4.74. The molecule has 1 heterocycles. The molecule has 1 aromatic carbocycles. The van der Waals surface area contributed by atoms with E-state index in [1.165, 1.54) is 0 Å². The van der Waals surface area contributed by atoms with Crippen LogP contribution in [-0.2, 0) is 20.9 Å². The van der Waals surface area contributed by atoms with Crippen LogP contribution in [0.4, 0.5) is 0 Å². The van der Waals surface area contributed by atoms with E-state index in [1.54, 1.807) is 11.8 Å². The van der Waals surface area contributed by atoms with E-state index >= 15 is 0 Å². The zero-order valence-corrected chi connectivity index (χ0v) is 11.5. The predicted octanol–water partition coefficient (Wildman–Crippen LogP) is 1.67. The van der Waals surface area contributed by atoms with Gasteiger partial charge in [0.15, 0.2) is 0 Å². The highest BCUT2D eigenvalue weighted by molar-refractivity contribution is 5.80. The molecular formula is C15H19NO4. The van der Waals surface area contributed by atoms with Gasteiger partial charge in [0.1, 0.15) is 12.1 Å². The fourth-order valence-electron chi connectivity index (χ4n) is 2.64. The molecule has 1 aliphatic heterocycles. The molecule has 1 saturated heterocycles. The van der Waals surface area contributed by atoms with Crippen LogP contribution >= 0.6 is 0 Å². The summed E-state index contributed by atoms with van der Waals surface area (Å²) in [5.41, 5.74) is 0.995. The number of carbonyl (C=O) groups is 2. The Hall–Kier alpha value is -1.88. The van der Waals surface area contributed by atoms with Gasteiger partial charge in [-0.2, -0.15) is 0 Å². The fraction of sp³-hybridized carbons (Fsp3) is 0.467. The lowest BCUT2D eigenvalue weighted by atomic mass is 10.2. The minimum Gasteiger partial charge on any atom is -0.480 e. The Balaban J connectivity index is 2.16. The molecule has 0 aliphatic carbocycles. The normalized spacial score (nSPS) is 22.6. The molecule has 1 N–H and O–H groups in total. The summed E-state index contributed by atoms with van der Waals surface area (Å²) in [4.78, 5) is 25.0. The summed E-state index contributed by atoms with van der Waals surface area (Å²) < 4.78 is 5.05. The third-order valence-corrected chi connectivity index (χ3v) is 3.57. The van der Waals surface area contributed by atoms with Gasteiger partial charge >= 0.3 is 11.9 Å². The van der Waals surface area contributed by atoms with Gasteiger partial charge in [0.25, 0.3) is 0 Å². The first-order valence-electron chi connectivity index (χ1n) is 6.82. The third kappa shape index (κ3) is 3.17. The van der Waals surface area contributed by atoms with Crippen LogP contribution in [0.3, 0.4) is 0 Å². The number of hydrogen-bond acceptors (Lipinski definition) is 4.